The Hall–Kier alpha value is -3.14. The van der Waals surface area contributed by atoms with Gasteiger partial charge >= 0.3 is 24.1 Å². The van der Waals surface area contributed by atoms with Crippen LogP contribution in [0.15, 0.2) is 18.2 Å². The molecular weight excluding hydrogens is 506 g/mol. The summed E-state index contributed by atoms with van der Waals surface area (Å²) in [6.45, 7) is 13.0. The predicted molar refractivity (Wildman–Crippen MR) is 145 cm³/mol. The van der Waals surface area contributed by atoms with E-state index in [4.69, 9.17) is 29.4 Å². The Bertz CT molecular complexity index is 978. The average molecular weight is 552 g/mol. The first kappa shape index (κ1) is 33.9. The Balaban J connectivity index is 3.19. The molecule has 0 saturated heterocycles. The lowest BCUT2D eigenvalue weighted by Gasteiger charge is -2.29. The van der Waals surface area contributed by atoms with Gasteiger partial charge in [0.1, 0.15) is 11.6 Å². The van der Waals surface area contributed by atoms with Crippen LogP contribution in [0.1, 0.15) is 79.7 Å². The smallest absolute Gasteiger partial charge is 0.468 e. The van der Waals surface area contributed by atoms with Crippen molar-refractivity contribution in [2.45, 2.75) is 92.2 Å². The summed E-state index contributed by atoms with van der Waals surface area (Å²) in [5.74, 6) is -1.89. The molecule has 4 atom stereocenters. The Morgan fingerprint density at radius 1 is 0.897 bits per heavy atom. The Morgan fingerprint density at radius 3 is 1.97 bits per heavy atom. The summed E-state index contributed by atoms with van der Waals surface area (Å²) < 4.78 is 26.4. The van der Waals surface area contributed by atoms with Gasteiger partial charge in [-0.3, -0.25) is 14.4 Å². The van der Waals surface area contributed by atoms with Crippen LogP contribution in [0.5, 0.6) is 11.5 Å². The molecule has 0 aliphatic heterocycles. The highest BCUT2D eigenvalue weighted by molar-refractivity contribution is 5.81. The molecule has 220 valence electrons. The van der Waals surface area contributed by atoms with Crippen molar-refractivity contribution in [1.29, 1.82) is 0 Å². The van der Waals surface area contributed by atoms with Gasteiger partial charge in [0, 0.05) is 12.8 Å². The highest BCUT2D eigenvalue weighted by Gasteiger charge is 2.38. The third kappa shape index (κ3) is 11.2. The van der Waals surface area contributed by atoms with Crippen LogP contribution in [0, 0.1) is 17.8 Å². The van der Waals surface area contributed by atoms with E-state index < -0.39 is 35.7 Å². The van der Waals surface area contributed by atoms with E-state index >= 15 is 0 Å². The topological polar surface area (TPSA) is 140 Å². The Kier molecular flexibility index (Phi) is 14.0. The van der Waals surface area contributed by atoms with Gasteiger partial charge in [-0.1, -0.05) is 47.6 Å². The lowest BCUT2D eigenvalue weighted by Crippen LogP contribution is -2.53. The fourth-order valence-corrected chi connectivity index (χ4v) is 3.50. The van der Waals surface area contributed by atoms with Gasteiger partial charge in [-0.2, -0.15) is 0 Å². The summed E-state index contributed by atoms with van der Waals surface area (Å²) in [7, 11) is 1.21. The van der Waals surface area contributed by atoms with Crippen LogP contribution in [-0.2, 0) is 35.0 Å². The van der Waals surface area contributed by atoms with Gasteiger partial charge in [0.05, 0.1) is 25.6 Å². The number of methoxy groups -OCH3 is 1. The Labute approximate surface area is 231 Å². The number of nitrogens with two attached hydrogens (primary N) is 1. The number of rotatable bonds is 15. The zero-order valence-corrected chi connectivity index (χ0v) is 24.5. The maximum atomic E-state index is 12.7. The fraction of sp³-hybridized carbons (Fsp3) is 0.655. The molecule has 10 heteroatoms. The standard InChI is InChI=1S/C29H45NO9/c1-9-19(5)25(31)38-23-12-11-22(15-24(23)39-26(32)20(6)10-2)17-29(30,27(33)35-8)16-21(7)37-28(34)36-14-13-18(3)4/h11-12,15,18-21H,9-10,13-14,16-17,30H2,1-8H3/t19?,20?,21-,29?/m0/s1. The minimum Gasteiger partial charge on any atom is -0.468 e. The molecular formula is C29H45NO9. The quantitative estimate of drug-likeness (QED) is 0.234. The summed E-state index contributed by atoms with van der Waals surface area (Å²) in [6, 6.07) is 4.63. The van der Waals surface area contributed by atoms with E-state index in [0.29, 0.717) is 30.7 Å². The van der Waals surface area contributed by atoms with Crippen LogP contribution in [0.25, 0.3) is 0 Å². The summed E-state index contributed by atoms with van der Waals surface area (Å²) in [6.07, 6.45) is 0.126. The normalized spacial score (nSPS) is 14.9. The second-order valence-corrected chi connectivity index (χ2v) is 10.5. The molecule has 0 aliphatic rings. The van der Waals surface area contributed by atoms with Crippen LogP contribution in [-0.4, -0.2) is 49.4 Å². The van der Waals surface area contributed by atoms with Gasteiger partial charge in [0.25, 0.3) is 0 Å². The summed E-state index contributed by atoms with van der Waals surface area (Å²) in [4.78, 5) is 49.8. The number of carbonyl (C=O) groups excluding carboxylic acids is 4. The molecule has 0 amide bonds. The molecule has 0 heterocycles. The largest absolute Gasteiger partial charge is 0.508 e. The summed E-state index contributed by atoms with van der Waals surface area (Å²) in [5.41, 5.74) is 5.43. The van der Waals surface area contributed by atoms with Crippen molar-refractivity contribution in [2.75, 3.05) is 13.7 Å². The molecule has 0 bridgehead atoms. The first-order valence-corrected chi connectivity index (χ1v) is 13.5. The molecule has 0 fully saturated rings. The van der Waals surface area contributed by atoms with Crippen molar-refractivity contribution in [3.05, 3.63) is 23.8 Å². The molecule has 2 N–H and O–H groups in total. The van der Waals surface area contributed by atoms with Crippen LogP contribution in [0.3, 0.4) is 0 Å². The summed E-state index contributed by atoms with van der Waals surface area (Å²) >= 11 is 0. The molecule has 3 unspecified atom stereocenters. The van der Waals surface area contributed by atoms with Crippen molar-refractivity contribution in [2.24, 2.45) is 23.5 Å². The first-order valence-electron chi connectivity index (χ1n) is 13.5. The highest BCUT2D eigenvalue weighted by Crippen LogP contribution is 2.32. The molecule has 0 aliphatic carbocycles. The van der Waals surface area contributed by atoms with E-state index in [0.717, 1.165) is 0 Å². The van der Waals surface area contributed by atoms with Gasteiger partial charge in [0.15, 0.2) is 11.5 Å². The SMILES string of the molecule is CCC(C)C(=O)Oc1ccc(CC(N)(C[C@H](C)OC(=O)OCCC(C)C)C(=O)OC)cc1OC(=O)C(C)CC. The van der Waals surface area contributed by atoms with Gasteiger partial charge in [-0.15, -0.1) is 0 Å². The van der Waals surface area contributed by atoms with E-state index in [2.05, 4.69) is 0 Å². The van der Waals surface area contributed by atoms with Crippen molar-refractivity contribution in [3.8, 4) is 11.5 Å². The molecule has 0 spiro atoms. The highest BCUT2D eigenvalue weighted by atomic mass is 16.7. The molecule has 10 nitrogen and oxygen atoms in total. The fourth-order valence-electron chi connectivity index (χ4n) is 3.50. The number of ether oxygens (including phenoxy) is 5. The molecule has 0 radical (unpaired) electrons. The van der Waals surface area contributed by atoms with E-state index in [-0.39, 0.29) is 42.8 Å². The van der Waals surface area contributed by atoms with E-state index in [1.807, 2.05) is 27.7 Å². The molecule has 1 rings (SSSR count). The minimum atomic E-state index is -1.58. The second-order valence-electron chi connectivity index (χ2n) is 10.5. The molecule has 39 heavy (non-hydrogen) atoms. The van der Waals surface area contributed by atoms with E-state index in [9.17, 15) is 19.2 Å². The maximum absolute atomic E-state index is 12.7. The monoisotopic (exact) mass is 551 g/mol. The summed E-state index contributed by atoms with van der Waals surface area (Å²) in [5, 5.41) is 0. The average Bonchev–Trinajstić information content (AvgIpc) is 2.87. The van der Waals surface area contributed by atoms with E-state index in [1.165, 1.54) is 19.2 Å². The van der Waals surface area contributed by atoms with Crippen LogP contribution >= 0.6 is 0 Å². The zero-order valence-electron chi connectivity index (χ0n) is 24.5. The van der Waals surface area contributed by atoms with Crippen molar-refractivity contribution in [1.82, 2.24) is 0 Å². The van der Waals surface area contributed by atoms with Gasteiger partial charge < -0.3 is 29.4 Å². The molecule has 1 aromatic rings. The van der Waals surface area contributed by atoms with Crippen LogP contribution < -0.4 is 15.2 Å². The lowest BCUT2D eigenvalue weighted by molar-refractivity contribution is -0.148. The predicted octanol–water partition coefficient (Wildman–Crippen LogP) is 4.98. The third-order valence-electron chi connectivity index (χ3n) is 6.43. The molecule has 0 aromatic heterocycles. The maximum Gasteiger partial charge on any atom is 0.508 e. The number of benzene rings is 1. The van der Waals surface area contributed by atoms with Crippen LogP contribution in [0.4, 0.5) is 4.79 Å². The number of carbonyl (C=O) groups is 4. The van der Waals surface area contributed by atoms with Crippen molar-refractivity contribution >= 4 is 24.1 Å². The zero-order chi connectivity index (χ0) is 29.8. The van der Waals surface area contributed by atoms with Crippen molar-refractivity contribution < 1.29 is 42.9 Å². The van der Waals surface area contributed by atoms with Crippen LogP contribution in [0.2, 0.25) is 0 Å². The van der Waals surface area contributed by atoms with Gasteiger partial charge in [0.2, 0.25) is 0 Å². The van der Waals surface area contributed by atoms with Gasteiger partial charge in [-0.05, 0) is 49.8 Å². The van der Waals surface area contributed by atoms with Gasteiger partial charge in [-0.25, -0.2) is 4.79 Å². The molecule has 1 aromatic carbocycles. The second kappa shape index (κ2) is 16.1. The number of hydrogen-bond acceptors (Lipinski definition) is 10. The lowest BCUT2D eigenvalue weighted by atomic mass is 9.86. The first-order chi connectivity index (χ1) is 18.3. The third-order valence-corrected chi connectivity index (χ3v) is 6.43. The number of esters is 3. The minimum absolute atomic E-state index is 0.0385. The van der Waals surface area contributed by atoms with Crippen molar-refractivity contribution in [3.63, 3.8) is 0 Å². The molecule has 0 saturated carbocycles. The van der Waals surface area contributed by atoms with E-state index in [1.54, 1.807) is 26.8 Å². The Morgan fingerprint density at radius 2 is 1.46 bits per heavy atom. The number of hydrogen-bond donors (Lipinski definition) is 1.